The van der Waals surface area contributed by atoms with Crippen molar-refractivity contribution >= 4 is 35.8 Å². The standard InChI is InChI=1S/C19H32N4O2.HI/c1-7-20-18(22-13-17(24)23-19(4,5)6)21-12-15-8-10-16(11-9-15)25-14(2)3;/h8-11,14H,7,12-13H2,1-6H3,(H,23,24)(H2,20,21,22);1H. The first-order valence-electron chi connectivity index (χ1n) is 8.78. The van der Waals surface area contributed by atoms with E-state index in [2.05, 4.69) is 20.9 Å². The van der Waals surface area contributed by atoms with E-state index in [4.69, 9.17) is 4.74 Å². The largest absolute Gasteiger partial charge is 0.491 e. The maximum atomic E-state index is 11.9. The molecule has 0 heterocycles. The summed E-state index contributed by atoms with van der Waals surface area (Å²) in [6.07, 6.45) is 0.160. The van der Waals surface area contributed by atoms with E-state index in [9.17, 15) is 4.79 Å². The van der Waals surface area contributed by atoms with Crippen molar-refractivity contribution in [2.24, 2.45) is 4.99 Å². The smallest absolute Gasteiger partial charge is 0.239 e. The number of nitrogens with zero attached hydrogens (tertiary/aromatic N) is 1. The lowest BCUT2D eigenvalue weighted by Crippen LogP contribution is -2.48. The fourth-order valence-electron chi connectivity index (χ4n) is 2.08. The van der Waals surface area contributed by atoms with Crippen LogP contribution in [0.2, 0.25) is 0 Å². The van der Waals surface area contributed by atoms with Gasteiger partial charge in [0.05, 0.1) is 19.2 Å². The van der Waals surface area contributed by atoms with E-state index in [1.54, 1.807) is 0 Å². The summed E-state index contributed by atoms with van der Waals surface area (Å²) in [5, 5.41) is 9.11. The minimum absolute atomic E-state index is 0. The zero-order chi connectivity index (χ0) is 18.9. The molecule has 0 spiro atoms. The first-order valence-corrected chi connectivity index (χ1v) is 8.78. The second-order valence-corrected chi connectivity index (χ2v) is 7.16. The summed E-state index contributed by atoms with van der Waals surface area (Å²) in [4.78, 5) is 16.4. The summed E-state index contributed by atoms with van der Waals surface area (Å²) in [5.74, 6) is 1.41. The number of hydrogen-bond donors (Lipinski definition) is 3. The van der Waals surface area contributed by atoms with Gasteiger partial charge in [-0.25, -0.2) is 4.99 Å². The lowest BCUT2D eigenvalue weighted by atomic mass is 10.1. The molecule has 0 radical (unpaired) electrons. The molecule has 0 saturated carbocycles. The van der Waals surface area contributed by atoms with Crippen LogP contribution in [0.15, 0.2) is 29.3 Å². The van der Waals surface area contributed by atoms with Crippen LogP contribution in [-0.2, 0) is 11.3 Å². The lowest BCUT2D eigenvalue weighted by Gasteiger charge is -2.21. The molecule has 0 unspecified atom stereocenters. The van der Waals surface area contributed by atoms with Crippen molar-refractivity contribution in [3.63, 3.8) is 0 Å². The average Bonchev–Trinajstić information content (AvgIpc) is 2.49. The molecule has 0 aliphatic heterocycles. The Balaban J connectivity index is 0.00000625. The van der Waals surface area contributed by atoms with Crippen LogP contribution in [-0.4, -0.2) is 36.6 Å². The molecular weight excluding hydrogens is 443 g/mol. The Morgan fingerprint density at radius 2 is 1.77 bits per heavy atom. The molecule has 1 aromatic carbocycles. The predicted molar refractivity (Wildman–Crippen MR) is 118 cm³/mol. The third-order valence-corrected chi connectivity index (χ3v) is 2.99. The van der Waals surface area contributed by atoms with Gasteiger partial charge in [0.15, 0.2) is 5.96 Å². The van der Waals surface area contributed by atoms with Crippen LogP contribution in [0.25, 0.3) is 0 Å². The molecule has 26 heavy (non-hydrogen) atoms. The minimum Gasteiger partial charge on any atom is -0.491 e. The summed E-state index contributed by atoms with van der Waals surface area (Å²) in [6.45, 7) is 13.3. The summed E-state index contributed by atoms with van der Waals surface area (Å²) in [7, 11) is 0. The van der Waals surface area contributed by atoms with Crippen molar-refractivity contribution in [3.8, 4) is 5.75 Å². The number of aliphatic imine (C=N–C) groups is 1. The van der Waals surface area contributed by atoms with Gasteiger partial charge < -0.3 is 20.7 Å². The molecule has 7 heteroatoms. The highest BCUT2D eigenvalue weighted by Gasteiger charge is 2.13. The molecule has 1 aromatic rings. The average molecular weight is 476 g/mol. The number of hydrogen-bond acceptors (Lipinski definition) is 3. The molecule has 0 saturated heterocycles. The van der Waals surface area contributed by atoms with Gasteiger partial charge in [-0.1, -0.05) is 12.1 Å². The third-order valence-electron chi connectivity index (χ3n) is 2.99. The molecule has 3 N–H and O–H groups in total. The van der Waals surface area contributed by atoms with Crippen molar-refractivity contribution in [2.75, 3.05) is 13.1 Å². The topological polar surface area (TPSA) is 74.8 Å². The van der Waals surface area contributed by atoms with Gasteiger partial charge in [0.1, 0.15) is 5.75 Å². The van der Waals surface area contributed by atoms with E-state index in [1.807, 2.05) is 65.8 Å². The van der Waals surface area contributed by atoms with Gasteiger partial charge in [-0.2, -0.15) is 0 Å². The maximum Gasteiger partial charge on any atom is 0.239 e. The van der Waals surface area contributed by atoms with Crippen LogP contribution in [0.3, 0.4) is 0 Å². The molecule has 148 valence electrons. The van der Waals surface area contributed by atoms with Gasteiger partial charge in [0.25, 0.3) is 0 Å². The van der Waals surface area contributed by atoms with Crippen molar-refractivity contribution in [1.29, 1.82) is 0 Å². The highest BCUT2D eigenvalue weighted by Crippen LogP contribution is 2.14. The highest BCUT2D eigenvalue weighted by molar-refractivity contribution is 14.0. The normalized spacial score (nSPS) is 11.6. The Bertz CT molecular complexity index is 566. The first-order chi connectivity index (χ1) is 11.7. The number of amides is 1. The summed E-state index contributed by atoms with van der Waals surface area (Å²) in [5.41, 5.74) is 0.834. The number of ether oxygens (including phenoxy) is 1. The summed E-state index contributed by atoms with van der Waals surface area (Å²) < 4.78 is 5.63. The molecule has 0 aliphatic rings. The van der Waals surface area contributed by atoms with Crippen molar-refractivity contribution < 1.29 is 9.53 Å². The second kappa shape index (κ2) is 12.0. The van der Waals surface area contributed by atoms with Crippen LogP contribution in [0.4, 0.5) is 0 Å². The minimum atomic E-state index is -0.242. The fourth-order valence-corrected chi connectivity index (χ4v) is 2.08. The summed E-state index contributed by atoms with van der Waals surface area (Å²) in [6, 6.07) is 7.89. The van der Waals surface area contributed by atoms with Crippen molar-refractivity contribution in [3.05, 3.63) is 29.8 Å². The number of carbonyl (C=O) groups is 1. The van der Waals surface area contributed by atoms with Crippen molar-refractivity contribution in [1.82, 2.24) is 16.0 Å². The van der Waals surface area contributed by atoms with E-state index < -0.39 is 0 Å². The van der Waals surface area contributed by atoms with Gasteiger partial charge in [-0.3, -0.25) is 4.79 Å². The monoisotopic (exact) mass is 476 g/mol. The van der Waals surface area contributed by atoms with Crippen LogP contribution in [0, 0.1) is 0 Å². The van der Waals surface area contributed by atoms with Gasteiger partial charge in [0, 0.05) is 12.1 Å². The number of benzene rings is 1. The Hall–Kier alpha value is -1.51. The fraction of sp³-hybridized carbons (Fsp3) is 0.579. The van der Waals surface area contributed by atoms with E-state index >= 15 is 0 Å². The van der Waals surface area contributed by atoms with Crippen LogP contribution >= 0.6 is 24.0 Å². The molecule has 0 atom stereocenters. The van der Waals surface area contributed by atoms with E-state index in [0.717, 1.165) is 17.9 Å². The number of guanidine groups is 1. The Morgan fingerprint density at radius 1 is 1.15 bits per heavy atom. The number of halogens is 1. The van der Waals surface area contributed by atoms with E-state index in [-0.39, 0.29) is 48.1 Å². The maximum absolute atomic E-state index is 11.9. The van der Waals surface area contributed by atoms with Gasteiger partial charge >= 0.3 is 0 Å². The van der Waals surface area contributed by atoms with Gasteiger partial charge in [-0.15, -0.1) is 24.0 Å². The third kappa shape index (κ3) is 11.2. The highest BCUT2D eigenvalue weighted by atomic mass is 127. The molecule has 1 rings (SSSR count). The van der Waals surface area contributed by atoms with Crippen LogP contribution in [0.1, 0.15) is 47.1 Å². The molecule has 1 amide bonds. The Kier molecular flexibility index (Phi) is 11.3. The van der Waals surface area contributed by atoms with E-state index in [0.29, 0.717) is 12.5 Å². The number of carbonyl (C=O) groups excluding carboxylic acids is 1. The molecule has 0 fully saturated rings. The van der Waals surface area contributed by atoms with Crippen LogP contribution < -0.4 is 20.7 Å². The Labute approximate surface area is 174 Å². The zero-order valence-electron chi connectivity index (χ0n) is 16.7. The lowest BCUT2D eigenvalue weighted by molar-refractivity contribution is -0.121. The van der Waals surface area contributed by atoms with Crippen LogP contribution in [0.5, 0.6) is 5.75 Å². The zero-order valence-corrected chi connectivity index (χ0v) is 19.0. The van der Waals surface area contributed by atoms with E-state index in [1.165, 1.54) is 0 Å². The van der Waals surface area contributed by atoms with Gasteiger partial charge in [-0.05, 0) is 59.2 Å². The molecule has 0 aliphatic carbocycles. The number of nitrogens with one attached hydrogen (secondary N) is 3. The number of rotatable bonds is 7. The van der Waals surface area contributed by atoms with Gasteiger partial charge in [0.2, 0.25) is 5.91 Å². The second-order valence-electron chi connectivity index (χ2n) is 7.16. The summed E-state index contributed by atoms with van der Waals surface area (Å²) >= 11 is 0. The SMILES string of the molecule is CCNC(=NCc1ccc(OC(C)C)cc1)NCC(=O)NC(C)(C)C.I. The quantitative estimate of drug-likeness (QED) is 0.321. The molecule has 0 aromatic heterocycles. The molecular formula is C19H33IN4O2. The Morgan fingerprint density at radius 3 is 2.27 bits per heavy atom. The predicted octanol–water partition coefficient (Wildman–Crippen LogP) is 3.06. The molecule has 6 nitrogen and oxygen atoms in total. The van der Waals surface area contributed by atoms with Crippen molar-refractivity contribution in [2.45, 2.75) is 59.7 Å². The molecule has 0 bridgehead atoms. The first kappa shape index (κ1) is 24.5.